The van der Waals surface area contributed by atoms with Crippen LogP contribution in [0.2, 0.25) is 0 Å². The predicted molar refractivity (Wildman–Crippen MR) is 108 cm³/mol. The van der Waals surface area contributed by atoms with Crippen molar-refractivity contribution in [2.45, 2.75) is 52.1 Å². The number of anilines is 1. The second-order valence-electron chi connectivity index (χ2n) is 8.11. The molecule has 2 nitrogen and oxygen atoms in total. The van der Waals surface area contributed by atoms with Crippen LogP contribution < -0.4 is 5.32 Å². The van der Waals surface area contributed by atoms with E-state index >= 15 is 0 Å². The fraction of sp³-hybridized carbons (Fsp3) is 0.524. The number of likely N-dealkylation sites (N-methyl/N-ethyl adjacent to an activating group) is 1. The van der Waals surface area contributed by atoms with Crippen LogP contribution in [0.4, 0.5) is 5.69 Å². The predicted octanol–water partition coefficient (Wildman–Crippen LogP) is 5.49. The summed E-state index contributed by atoms with van der Waals surface area (Å²) in [5, 5.41) is 3.88. The topological polar surface area (TPSA) is 15.3 Å². The molecule has 24 heavy (non-hydrogen) atoms. The summed E-state index contributed by atoms with van der Waals surface area (Å²) in [6.07, 6.45) is 6.91. The zero-order valence-electron chi connectivity index (χ0n) is 15.5. The summed E-state index contributed by atoms with van der Waals surface area (Å²) in [5.41, 5.74) is 5.63. The summed E-state index contributed by atoms with van der Waals surface area (Å²) in [4.78, 5) is 2.46. The van der Waals surface area contributed by atoms with Gasteiger partial charge in [0.05, 0.1) is 6.17 Å². The van der Waals surface area contributed by atoms with Gasteiger partial charge in [-0.25, -0.2) is 0 Å². The third-order valence-corrected chi connectivity index (χ3v) is 6.90. The molecule has 0 aliphatic carbocycles. The maximum absolute atomic E-state index is 4.16. The van der Waals surface area contributed by atoms with Gasteiger partial charge >= 0.3 is 0 Å². The van der Waals surface area contributed by atoms with E-state index in [9.17, 15) is 0 Å². The number of likely N-dealkylation sites (tertiary alicyclic amines) is 1. The Balaban J connectivity index is 2.20. The highest BCUT2D eigenvalue weighted by Gasteiger charge is 2.59. The Kier molecular flexibility index (Phi) is 4.46. The molecular weight excluding hydrogens is 360 g/mol. The van der Waals surface area contributed by atoms with Crippen molar-refractivity contribution in [3.63, 3.8) is 0 Å². The molecule has 0 aromatic heterocycles. The third-order valence-electron chi connectivity index (χ3n) is 6.16. The highest BCUT2D eigenvalue weighted by molar-refractivity contribution is 9.10. The first kappa shape index (κ1) is 17.8. The molecule has 0 spiro atoms. The van der Waals surface area contributed by atoms with Crippen LogP contribution in [0.15, 0.2) is 40.9 Å². The molecule has 0 bridgehead atoms. The number of halogens is 1. The normalized spacial score (nSPS) is 25.8. The molecule has 2 aliphatic heterocycles. The molecule has 3 rings (SSSR count). The van der Waals surface area contributed by atoms with E-state index in [2.05, 4.69) is 91.8 Å². The van der Waals surface area contributed by atoms with Crippen LogP contribution in [0.5, 0.6) is 0 Å². The number of fused-ring (bicyclic) bond motifs is 3. The molecule has 1 N–H and O–H groups in total. The number of hydrogen-bond acceptors (Lipinski definition) is 2. The van der Waals surface area contributed by atoms with Gasteiger partial charge < -0.3 is 5.32 Å². The minimum atomic E-state index is 0.0300. The van der Waals surface area contributed by atoms with Crippen LogP contribution in [0.25, 0.3) is 0 Å². The maximum atomic E-state index is 4.16. The molecule has 2 unspecified atom stereocenters. The summed E-state index contributed by atoms with van der Waals surface area (Å²) in [6, 6.07) is 4.55. The van der Waals surface area contributed by atoms with Gasteiger partial charge in [-0.3, -0.25) is 4.90 Å². The molecule has 2 aliphatic rings. The van der Waals surface area contributed by atoms with E-state index < -0.39 is 0 Å². The zero-order chi connectivity index (χ0) is 17.7. The van der Waals surface area contributed by atoms with Crippen molar-refractivity contribution in [1.82, 2.24) is 4.90 Å². The van der Waals surface area contributed by atoms with Crippen molar-refractivity contribution >= 4 is 21.6 Å². The number of nitrogens with zero attached hydrogens (tertiary/aromatic N) is 1. The van der Waals surface area contributed by atoms with Crippen LogP contribution in [0.1, 0.15) is 45.2 Å². The molecule has 1 aromatic carbocycles. The van der Waals surface area contributed by atoms with E-state index in [1.807, 2.05) is 0 Å². The smallest absolute Gasteiger partial charge is 0.0899 e. The maximum Gasteiger partial charge on any atom is 0.0899 e. The first-order chi connectivity index (χ1) is 11.2. The molecule has 2 atom stereocenters. The Labute approximate surface area is 155 Å². The Morgan fingerprint density at radius 2 is 2.17 bits per heavy atom. The van der Waals surface area contributed by atoms with Crippen molar-refractivity contribution in [3.05, 3.63) is 52.0 Å². The van der Waals surface area contributed by atoms with Gasteiger partial charge in [0.2, 0.25) is 0 Å². The van der Waals surface area contributed by atoms with Crippen molar-refractivity contribution in [2.75, 3.05) is 18.9 Å². The molecule has 130 valence electrons. The number of rotatable bonds is 4. The third kappa shape index (κ3) is 2.40. The molecule has 0 radical (unpaired) electrons. The second kappa shape index (κ2) is 6.03. The van der Waals surface area contributed by atoms with Gasteiger partial charge in [-0.05, 0) is 56.3 Å². The monoisotopic (exact) mass is 388 g/mol. The van der Waals surface area contributed by atoms with E-state index in [1.54, 1.807) is 0 Å². The van der Waals surface area contributed by atoms with Gasteiger partial charge in [0.15, 0.2) is 0 Å². The van der Waals surface area contributed by atoms with Gasteiger partial charge in [-0.15, -0.1) is 6.58 Å². The second-order valence-corrected chi connectivity index (χ2v) is 8.96. The van der Waals surface area contributed by atoms with Crippen LogP contribution in [0, 0.1) is 5.41 Å². The Hall–Kier alpha value is -1.06. The number of allylic oxidation sites excluding steroid dienone is 3. The first-order valence-electron chi connectivity index (χ1n) is 8.80. The molecule has 2 heterocycles. The van der Waals surface area contributed by atoms with Crippen molar-refractivity contribution < 1.29 is 0 Å². The minimum absolute atomic E-state index is 0.0300. The van der Waals surface area contributed by atoms with E-state index in [0.29, 0.717) is 6.17 Å². The summed E-state index contributed by atoms with van der Waals surface area (Å²) in [5.74, 6) is 0. The van der Waals surface area contributed by atoms with Gasteiger partial charge in [0, 0.05) is 22.1 Å². The number of benzene rings is 1. The SMILES string of the molecule is C=CC(C)(C)C12CCN(C)C1Nc1c2ccc(Br)c1CC=C(C)C. The lowest BCUT2D eigenvalue weighted by Crippen LogP contribution is -2.49. The van der Waals surface area contributed by atoms with Crippen molar-refractivity contribution in [1.29, 1.82) is 0 Å². The number of hydrogen-bond donors (Lipinski definition) is 1. The first-order valence-corrected chi connectivity index (χ1v) is 9.59. The Morgan fingerprint density at radius 3 is 2.79 bits per heavy atom. The van der Waals surface area contributed by atoms with Crippen molar-refractivity contribution in [2.24, 2.45) is 5.41 Å². The highest BCUT2D eigenvalue weighted by Crippen LogP contribution is 2.59. The molecule has 1 saturated heterocycles. The fourth-order valence-corrected chi connectivity index (χ4v) is 5.01. The van der Waals surface area contributed by atoms with Gasteiger partial charge in [0.1, 0.15) is 0 Å². The molecule has 0 saturated carbocycles. The van der Waals surface area contributed by atoms with Crippen LogP contribution >= 0.6 is 15.9 Å². The zero-order valence-corrected chi connectivity index (χ0v) is 17.1. The van der Waals surface area contributed by atoms with Crippen molar-refractivity contribution in [3.8, 4) is 0 Å². The molecule has 0 amide bonds. The van der Waals surface area contributed by atoms with E-state index in [1.165, 1.54) is 26.9 Å². The summed E-state index contributed by atoms with van der Waals surface area (Å²) >= 11 is 3.78. The van der Waals surface area contributed by atoms with Gasteiger partial charge in [-0.1, -0.05) is 53.6 Å². The van der Waals surface area contributed by atoms with Crippen LogP contribution in [-0.2, 0) is 11.8 Å². The van der Waals surface area contributed by atoms with Gasteiger partial charge in [-0.2, -0.15) is 0 Å². The summed E-state index contributed by atoms with van der Waals surface area (Å²) in [6.45, 7) is 14.3. The summed E-state index contributed by atoms with van der Waals surface area (Å²) < 4.78 is 1.19. The molecule has 1 aromatic rings. The summed E-state index contributed by atoms with van der Waals surface area (Å²) in [7, 11) is 2.23. The Bertz CT molecular complexity index is 700. The lowest BCUT2D eigenvalue weighted by molar-refractivity contribution is 0.178. The Morgan fingerprint density at radius 1 is 1.46 bits per heavy atom. The largest absolute Gasteiger partial charge is 0.368 e. The lowest BCUT2D eigenvalue weighted by Gasteiger charge is -2.43. The standard InChI is InChI=1S/C21H29BrN2/c1-7-20(4,5)21-12-13-24(6)19(21)23-18-15(9-8-14(2)3)17(22)11-10-16(18)21/h7-8,10-11,19,23H,1,9,12-13H2,2-6H3. The van der Waals surface area contributed by atoms with E-state index in [0.717, 1.165) is 19.4 Å². The van der Waals surface area contributed by atoms with Crippen LogP contribution in [0.3, 0.4) is 0 Å². The van der Waals surface area contributed by atoms with E-state index in [-0.39, 0.29) is 10.8 Å². The molecule has 3 heteroatoms. The minimum Gasteiger partial charge on any atom is -0.368 e. The lowest BCUT2D eigenvalue weighted by atomic mass is 9.60. The number of nitrogens with one attached hydrogen (secondary N) is 1. The average molecular weight is 389 g/mol. The molecular formula is C21H29BrN2. The van der Waals surface area contributed by atoms with E-state index in [4.69, 9.17) is 0 Å². The average Bonchev–Trinajstić information content (AvgIpc) is 3.03. The van der Waals surface area contributed by atoms with Gasteiger partial charge in [0.25, 0.3) is 0 Å². The molecule has 1 fully saturated rings. The quantitative estimate of drug-likeness (QED) is 0.685. The highest BCUT2D eigenvalue weighted by atomic mass is 79.9. The fourth-order valence-electron chi connectivity index (χ4n) is 4.52. The van der Waals surface area contributed by atoms with Crippen LogP contribution in [-0.4, -0.2) is 24.7 Å².